The number of alkyl halides is 6. The van der Waals surface area contributed by atoms with E-state index in [9.17, 15) is 35.9 Å². The minimum absolute atomic E-state index is 0.00958. The van der Waals surface area contributed by atoms with Crippen LogP contribution in [0.4, 0.5) is 32.0 Å². The standard InChI is InChI=1S/C26H16F6N6O2S/c27-25(28,29)16-8-13(11-4-2-1-3-5-11)18-19(20(21(33)39)41-24(18)36-16)37-23(40)14-10-34-38-17(26(30,31)32)9-15(12-6-7-12)35-22(14)38/h1-5,8-10,12H,6-7H2,(H2,33,39)(H,37,40). The normalized spacial score (nSPS) is 14.1. The molecular weight excluding hydrogens is 574 g/mol. The minimum Gasteiger partial charge on any atom is -0.365 e. The molecule has 0 unspecified atom stereocenters. The highest BCUT2D eigenvalue weighted by Crippen LogP contribution is 2.44. The predicted octanol–water partition coefficient (Wildman–Crippen LogP) is 6.27. The molecule has 3 N–H and O–H groups in total. The molecule has 0 aliphatic heterocycles. The first-order valence-electron chi connectivity index (χ1n) is 12.0. The number of carbonyl (C=O) groups is 2. The maximum absolute atomic E-state index is 13.8. The van der Waals surface area contributed by atoms with E-state index in [1.54, 1.807) is 18.2 Å². The lowest BCUT2D eigenvalue weighted by molar-refractivity contribution is -0.143. The average Bonchev–Trinajstić information content (AvgIpc) is 3.57. The zero-order chi connectivity index (χ0) is 29.3. The number of amides is 2. The van der Waals surface area contributed by atoms with E-state index in [0.717, 1.165) is 18.3 Å². The summed E-state index contributed by atoms with van der Waals surface area (Å²) in [6, 6.07) is 9.60. The molecule has 8 nitrogen and oxygen atoms in total. The van der Waals surface area contributed by atoms with Crippen molar-refractivity contribution in [3.05, 3.63) is 76.2 Å². The summed E-state index contributed by atoms with van der Waals surface area (Å²) in [6.07, 6.45) is -7.42. The van der Waals surface area contributed by atoms with E-state index in [2.05, 4.69) is 20.4 Å². The maximum Gasteiger partial charge on any atom is 0.433 e. The van der Waals surface area contributed by atoms with Crippen LogP contribution < -0.4 is 11.1 Å². The van der Waals surface area contributed by atoms with Crippen molar-refractivity contribution in [2.45, 2.75) is 31.1 Å². The molecule has 2 amide bonds. The maximum atomic E-state index is 13.8. The summed E-state index contributed by atoms with van der Waals surface area (Å²) in [4.78, 5) is 33.3. The number of nitrogens with one attached hydrogen (secondary N) is 1. The fraction of sp³-hybridized carbons (Fsp3) is 0.192. The van der Waals surface area contributed by atoms with Crippen molar-refractivity contribution in [2.24, 2.45) is 5.73 Å². The van der Waals surface area contributed by atoms with Crippen LogP contribution in [0.2, 0.25) is 0 Å². The highest BCUT2D eigenvalue weighted by atomic mass is 32.1. The Balaban J connectivity index is 1.54. The lowest BCUT2D eigenvalue weighted by atomic mass is 10.0. The number of aromatic nitrogens is 4. The Hall–Kier alpha value is -4.53. The highest BCUT2D eigenvalue weighted by Gasteiger charge is 2.38. The van der Waals surface area contributed by atoms with Gasteiger partial charge in [0.2, 0.25) is 0 Å². The van der Waals surface area contributed by atoms with E-state index >= 15 is 0 Å². The smallest absolute Gasteiger partial charge is 0.365 e. The SMILES string of the molecule is NC(=O)c1sc2nc(C(F)(F)F)cc(-c3ccccc3)c2c1NC(=O)c1cnn2c(C(F)(F)F)cc(C3CC3)nc12. The van der Waals surface area contributed by atoms with Crippen LogP contribution in [0.15, 0.2) is 48.7 Å². The van der Waals surface area contributed by atoms with Crippen molar-refractivity contribution in [3.8, 4) is 11.1 Å². The van der Waals surface area contributed by atoms with Crippen LogP contribution in [0.3, 0.4) is 0 Å². The first-order chi connectivity index (χ1) is 19.3. The number of thiophene rings is 1. The lowest BCUT2D eigenvalue weighted by Gasteiger charge is -2.13. The molecule has 5 aromatic rings. The fourth-order valence-electron chi connectivity index (χ4n) is 4.49. The fourth-order valence-corrected chi connectivity index (χ4v) is 5.50. The molecule has 6 rings (SSSR count). The highest BCUT2D eigenvalue weighted by molar-refractivity contribution is 7.21. The first-order valence-corrected chi connectivity index (χ1v) is 12.8. The monoisotopic (exact) mass is 590 g/mol. The Morgan fingerprint density at radius 3 is 2.32 bits per heavy atom. The topological polar surface area (TPSA) is 115 Å². The summed E-state index contributed by atoms with van der Waals surface area (Å²) in [5.74, 6) is -2.23. The van der Waals surface area contributed by atoms with Crippen molar-refractivity contribution in [1.82, 2.24) is 19.6 Å². The number of pyridine rings is 1. The lowest BCUT2D eigenvalue weighted by Crippen LogP contribution is -2.18. The first kappa shape index (κ1) is 26.7. The number of benzene rings is 1. The molecule has 0 atom stereocenters. The van der Waals surface area contributed by atoms with Crippen molar-refractivity contribution in [2.75, 3.05) is 5.32 Å². The molecule has 0 saturated heterocycles. The number of fused-ring (bicyclic) bond motifs is 2. The Morgan fingerprint density at radius 1 is 1.00 bits per heavy atom. The molecule has 0 radical (unpaired) electrons. The second kappa shape index (κ2) is 9.26. The van der Waals surface area contributed by atoms with Crippen molar-refractivity contribution in [1.29, 1.82) is 0 Å². The number of hydrogen-bond donors (Lipinski definition) is 2. The molecule has 41 heavy (non-hydrogen) atoms. The number of hydrogen-bond acceptors (Lipinski definition) is 6. The predicted molar refractivity (Wildman–Crippen MR) is 136 cm³/mol. The third-order valence-electron chi connectivity index (χ3n) is 6.52. The molecular formula is C26H16F6N6O2S. The summed E-state index contributed by atoms with van der Waals surface area (Å²) in [6.45, 7) is 0. The Labute approximate surface area is 229 Å². The number of nitrogens with zero attached hydrogens (tertiary/aromatic N) is 4. The van der Waals surface area contributed by atoms with Crippen molar-refractivity contribution >= 4 is 44.7 Å². The van der Waals surface area contributed by atoms with Crippen LogP contribution in [0.1, 0.15) is 55.9 Å². The minimum atomic E-state index is -4.82. The Morgan fingerprint density at radius 2 is 1.71 bits per heavy atom. The van der Waals surface area contributed by atoms with E-state index in [-0.39, 0.29) is 49.2 Å². The van der Waals surface area contributed by atoms with Gasteiger partial charge >= 0.3 is 12.4 Å². The number of nitrogens with two attached hydrogens (primary N) is 1. The van der Waals surface area contributed by atoms with Gasteiger partial charge in [-0.05, 0) is 36.1 Å². The van der Waals surface area contributed by atoms with E-state index in [1.807, 2.05) is 0 Å². The largest absolute Gasteiger partial charge is 0.433 e. The molecule has 1 aliphatic carbocycles. The quantitative estimate of drug-likeness (QED) is 0.234. The van der Waals surface area contributed by atoms with Gasteiger partial charge in [0.05, 0.1) is 11.9 Å². The molecule has 0 spiro atoms. The number of primary amides is 1. The van der Waals surface area contributed by atoms with E-state index in [0.29, 0.717) is 34.3 Å². The van der Waals surface area contributed by atoms with Crippen LogP contribution in [-0.4, -0.2) is 31.4 Å². The molecule has 1 fully saturated rings. The van der Waals surface area contributed by atoms with Crippen LogP contribution in [-0.2, 0) is 12.4 Å². The summed E-state index contributed by atoms with van der Waals surface area (Å²) in [7, 11) is 0. The summed E-state index contributed by atoms with van der Waals surface area (Å²) in [5, 5.41) is 6.21. The van der Waals surface area contributed by atoms with Crippen LogP contribution in [0, 0.1) is 0 Å². The molecule has 1 aromatic carbocycles. The van der Waals surface area contributed by atoms with Crippen molar-refractivity contribution < 1.29 is 35.9 Å². The van der Waals surface area contributed by atoms with E-state index in [4.69, 9.17) is 5.73 Å². The molecule has 4 heterocycles. The van der Waals surface area contributed by atoms with Crippen LogP contribution in [0.5, 0.6) is 0 Å². The van der Waals surface area contributed by atoms with Gasteiger partial charge in [-0.3, -0.25) is 9.59 Å². The van der Waals surface area contributed by atoms with Gasteiger partial charge in [-0.15, -0.1) is 11.3 Å². The van der Waals surface area contributed by atoms with E-state index in [1.165, 1.54) is 12.1 Å². The molecule has 0 bridgehead atoms. The van der Waals surface area contributed by atoms with Gasteiger partial charge in [0.15, 0.2) is 5.65 Å². The summed E-state index contributed by atoms with van der Waals surface area (Å²) < 4.78 is 83.1. The van der Waals surface area contributed by atoms with Gasteiger partial charge < -0.3 is 11.1 Å². The number of rotatable bonds is 5. The zero-order valence-electron chi connectivity index (χ0n) is 20.5. The zero-order valence-corrected chi connectivity index (χ0v) is 21.3. The number of anilines is 1. The number of halogens is 6. The van der Waals surface area contributed by atoms with Gasteiger partial charge in [0.1, 0.15) is 26.7 Å². The van der Waals surface area contributed by atoms with Crippen molar-refractivity contribution in [3.63, 3.8) is 0 Å². The van der Waals surface area contributed by atoms with Gasteiger partial charge in [-0.2, -0.15) is 31.4 Å². The third kappa shape index (κ3) is 4.75. The Kier molecular flexibility index (Phi) is 6.02. The molecule has 4 aromatic heterocycles. The second-order valence-corrected chi connectivity index (χ2v) is 10.4. The second-order valence-electron chi connectivity index (χ2n) is 9.36. The van der Waals surface area contributed by atoms with Gasteiger partial charge in [-0.1, -0.05) is 30.3 Å². The molecule has 1 aliphatic rings. The Bertz CT molecular complexity index is 1860. The van der Waals surface area contributed by atoms with Crippen LogP contribution >= 0.6 is 11.3 Å². The summed E-state index contributed by atoms with van der Waals surface area (Å²) >= 11 is 0.549. The third-order valence-corrected chi connectivity index (χ3v) is 7.62. The van der Waals surface area contributed by atoms with Crippen LogP contribution in [0.25, 0.3) is 27.0 Å². The molecule has 1 saturated carbocycles. The molecule has 15 heteroatoms. The van der Waals surface area contributed by atoms with Gasteiger partial charge in [0.25, 0.3) is 11.8 Å². The van der Waals surface area contributed by atoms with Gasteiger partial charge in [-0.25, -0.2) is 14.5 Å². The van der Waals surface area contributed by atoms with E-state index < -0.39 is 35.6 Å². The average molecular weight is 591 g/mol. The number of carbonyl (C=O) groups excluding carboxylic acids is 2. The molecule has 210 valence electrons. The summed E-state index contributed by atoms with van der Waals surface area (Å²) in [5.41, 5.74) is 2.76. The van der Waals surface area contributed by atoms with Gasteiger partial charge in [0, 0.05) is 17.0 Å².